The number of carbonyl (C=O) groups excluding carboxylic acids is 2. The van der Waals surface area contributed by atoms with E-state index >= 15 is 0 Å². The van der Waals surface area contributed by atoms with Gasteiger partial charge in [0.05, 0.1) is 19.8 Å². The van der Waals surface area contributed by atoms with Crippen molar-refractivity contribution in [1.82, 2.24) is 0 Å². The highest BCUT2D eigenvalue weighted by Crippen LogP contribution is 2.38. The maximum absolute atomic E-state index is 12.2. The molecule has 23 heavy (non-hydrogen) atoms. The van der Waals surface area contributed by atoms with Crippen LogP contribution in [0.1, 0.15) is 21.2 Å². The Morgan fingerprint density at radius 2 is 1.65 bits per heavy atom. The van der Waals surface area contributed by atoms with Crippen molar-refractivity contribution >= 4 is 35.3 Å². The lowest BCUT2D eigenvalue weighted by Crippen LogP contribution is -2.12. The maximum Gasteiger partial charge on any atom is 0.338 e. The number of halogens is 1. The van der Waals surface area contributed by atoms with E-state index in [9.17, 15) is 9.59 Å². The van der Waals surface area contributed by atoms with Crippen LogP contribution in [0.5, 0.6) is 0 Å². The molecule has 1 atom stereocenters. The van der Waals surface area contributed by atoms with Crippen LogP contribution >= 0.6 is 23.4 Å². The molecule has 0 spiro atoms. The largest absolute Gasteiger partial charge is 0.468 e. The zero-order chi connectivity index (χ0) is 16.8. The van der Waals surface area contributed by atoms with Crippen molar-refractivity contribution in [1.29, 1.82) is 0 Å². The molecule has 0 amide bonds. The number of hydrogen-bond acceptors (Lipinski definition) is 5. The van der Waals surface area contributed by atoms with Crippen molar-refractivity contribution in [2.45, 2.75) is 10.1 Å². The molecule has 2 rings (SSSR count). The minimum Gasteiger partial charge on any atom is -0.468 e. The third-order valence-electron chi connectivity index (χ3n) is 3.13. The number of ether oxygens (including phenoxy) is 2. The van der Waals surface area contributed by atoms with Crippen LogP contribution in [0.25, 0.3) is 0 Å². The average Bonchev–Trinajstić information content (AvgIpc) is 2.59. The summed E-state index contributed by atoms with van der Waals surface area (Å²) in [6, 6.07) is 13.9. The van der Waals surface area contributed by atoms with E-state index in [4.69, 9.17) is 21.1 Å². The Hall–Kier alpha value is -1.98. The molecule has 0 aromatic heterocycles. The Morgan fingerprint density at radius 1 is 1.00 bits per heavy atom. The second-order valence-corrected chi connectivity index (χ2v) is 6.14. The molecule has 0 aliphatic carbocycles. The summed E-state index contributed by atoms with van der Waals surface area (Å²) in [6.07, 6.45) is 0. The lowest BCUT2D eigenvalue weighted by atomic mass is 10.1. The highest BCUT2D eigenvalue weighted by Gasteiger charge is 2.25. The van der Waals surface area contributed by atoms with Gasteiger partial charge < -0.3 is 9.47 Å². The van der Waals surface area contributed by atoms with E-state index in [1.165, 1.54) is 26.0 Å². The SMILES string of the molecule is COC(=O)c1ccccc1SC(C(=O)OC)c1ccc(Cl)cc1. The van der Waals surface area contributed by atoms with E-state index in [-0.39, 0.29) is 0 Å². The van der Waals surface area contributed by atoms with Gasteiger partial charge >= 0.3 is 11.9 Å². The average molecular weight is 351 g/mol. The van der Waals surface area contributed by atoms with Crippen LogP contribution in [0, 0.1) is 0 Å². The molecule has 1 unspecified atom stereocenters. The Kier molecular flexibility index (Phi) is 6.07. The Balaban J connectivity index is 2.38. The monoisotopic (exact) mass is 350 g/mol. The fourth-order valence-electron chi connectivity index (χ4n) is 1.97. The van der Waals surface area contributed by atoms with Crippen molar-refractivity contribution in [2.24, 2.45) is 0 Å². The first-order valence-electron chi connectivity index (χ1n) is 6.74. The van der Waals surface area contributed by atoms with Gasteiger partial charge in [0.2, 0.25) is 0 Å². The van der Waals surface area contributed by atoms with Crippen LogP contribution in [0.3, 0.4) is 0 Å². The van der Waals surface area contributed by atoms with Crippen molar-refractivity contribution in [3.05, 3.63) is 64.7 Å². The first kappa shape index (κ1) is 17.4. The van der Waals surface area contributed by atoms with E-state index in [0.29, 0.717) is 15.5 Å². The van der Waals surface area contributed by atoms with Crippen LogP contribution < -0.4 is 0 Å². The number of benzene rings is 2. The predicted octanol–water partition coefficient (Wildman–Crippen LogP) is 4.13. The maximum atomic E-state index is 12.2. The topological polar surface area (TPSA) is 52.6 Å². The smallest absolute Gasteiger partial charge is 0.338 e. The molecule has 0 heterocycles. The van der Waals surface area contributed by atoms with Crippen LogP contribution in [0.2, 0.25) is 5.02 Å². The Labute approximate surface area is 143 Å². The molecule has 0 radical (unpaired) electrons. The van der Waals surface area contributed by atoms with Gasteiger partial charge in [-0.3, -0.25) is 4.79 Å². The van der Waals surface area contributed by atoms with E-state index in [1.807, 2.05) is 0 Å². The molecular formula is C17H15ClO4S. The fourth-order valence-corrected chi connectivity index (χ4v) is 3.27. The second-order valence-electron chi connectivity index (χ2n) is 4.56. The van der Waals surface area contributed by atoms with Gasteiger partial charge in [-0.05, 0) is 29.8 Å². The normalized spacial score (nSPS) is 11.6. The molecule has 0 aliphatic heterocycles. The Morgan fingerprint density at radius 3 is 2.26 bits per heavy atom. The molecule has 0 aliphatic rings. The number of rotatable bonds is 5. The quantitative estimate of drug-likeness (QED) is 0.599. The summed E-state index contributed by atoms with van der Waals surface area (Å²) in [6.45, 7) is 0. The Bertz CT molecular complexity index is 700. The third-order valence-corrected chi connectivity index (χ3v) is 4.69. The van der Waals surface area contributed by atoms with E-state index in [1.54, 1.807) is 48.5 Å². The van der Waals surface area contributed by atoms with Gasteiger partial charge in [0.1, 0.15) is 5.25 Å². The number of hydrogen-bond donors (Lipinski definition) is 0. The fraction of sp³-hybridized carbons (Fsp3) is 0.176. The highest BCUT2D eigenvalue weighted by molar-refractivity contribution is 8.00. The van der Waals surface area contributed by atoms with Crippen LogP contribution in [-0.4, -0.2) is 26.2 Å². The zero-order valence-electron chi connectivity index (χ0n) is 12.6. The summed E-state index contributed by atoms with van der Waals surface area (Å²) in [7, 11) is 2.65. The molecule has 0 bridgehead atoms. The van der Waals surface area contributed by atoms with Crippen molar-refractivity contribution in [3.63, 3.8) is 0 Å². The van der Waals surface area contributed by atoms with Crippen molar-refractivity contribution in [2.75, 3.05) is 14.2 Å². The van der Waals surface area contributed by atoms with Gasteiger partial charge in [0.15, 0.2) is 0 Å². The molecular weight excluding hydrogens is 336 g/mol. The van der Waals surface area contributed by atoms with E-state index < -0.39 is 17.2 Å². The van der Waals surface area contributed by atoms with Gasteiger partial charge in [0.25, 0.3) is 0 Å². The number of methoxy groups -OCH3 is 2. The van der Waals surface area contributed by atoms with Gasteiger partial charge in [0, 0.05) is 9.92 Å². The highest BCUT2D eigenvalue weighted by atomic mass is 35.5. The van der Waals surface area contributed by atoms with Crippen LogP contribution in [0.4, 0.5) is 0 Å². The molecule has 2 aromatic carbocycles. The number of esters is 2. The zero-order valence-corrected chi connectivity index (χ0v) is 14.2. The van der Waals surface area contributed by atoms with E-state index in [2.05, 4.69) is 0 Å². The van der Waals surface area contributed by atoms with Gasteiger partial charge in [-0.25, -0.2) is 4.79 Å². The minimum atomic E-state index is -0.608. The molecule has 2 aromatic rings. The standard InChI is InChI=1S/C17H15ClO4S/c1-21-16(19)13-5-3-4-6-14(13)23-15(17(20)22-2)11-7-9-12(18)10-8-11/h3-10,15H,1-2H3. The first-order chi connectivity index (χ1) is 11.1. The van der Waals surface area contributed by atoms with E-state index in [0.717, 1.165) is 5.56 Å². The molecule has 4 nitrogen and oxygen atoms in total. The van der Waals surface area contributed by atoms with Gasteiger partial charge in [-0.15, -0.1) is 11.8 Å². The summed E-state index contributed by atoms with van der Waals surface area (Å²) in [5.74, 6) is -0.857. The summed E-state index contributed by atoms with van der Waals surface area (Å²) in [5.41, 5.74) is 1.15. The molecule has 0 N–H and O–H groups in total. The molecule has 6 heteroatoms. The van der Waals surface area contributed by atoms with Crippen molar-refractivity contribution < 1.29 is 19.1 Å². The number of thioether (sulfide) groups is 1. The molecule has 0 saturated heterocycles. The van der Waals surface area contributed by atoms with Gasteiger partial charge in [-0.1, -0.05) is 35.9 Å². The first-order valence-corrected chi connectivity index (χ1v) is 8.00. The third kappa shape index (κ3) is 4.27. The number of carbonyl (C=O) groups is 2. The van der Waals surface area contributed by atoms with Crippen LogP contribution in [0.15, 0.2) is 53.4 Å². The minimum absolute atomic E-state index is 0.405. The molecule has 120 valence electrons. The van der Waals surface area contributed by atoms with Crippen LogP contribution in [-0.2, 0) is 14.3 Å². The lowest BCUT2D eigenvalue weighted by Gasteiger charge is -2.16. The second kappa shape index (κ2) is 8.04. The lowest BCUT2D eigenvalue weighted by molar-refractivity contribution is -0.140. The summed E-state index contributed by atoms with van der Waals surface area (Å²) in [4.78, 5) is 24.7. The predicted molar refractivity (Wildman–Crippen MR) is 89.8 cm³/mol. The summed E-state index contributed by atoms with van der Waals surface area (Å²) >= 11 is 7.12. The molecule has 0 saturated carbocycles. The molecule has 0 fully saturated rings. The van der Waals surface area contributed by atoms with Gasteiger partial charge in [-0.2, -0.15) is 0 Å². The summed E-state index contributed by atoms with van der Waals surface area (Å²) < 4.78 is 9.67. The summed E-state index contributed by atoms with van der Waals surface area (Å²) in [5, 5.41) is -0.0274. The van der Waals surface area contributed by atoms with Crippen molar-refractivity contribution in [3.8, 4) is 0 Å².